The zero-order valence-electron chi connectivity index (χ0n) is 43.7. The fraction of sp³-hybridized carbons (Fsp3) is 0.845. The summed E-state index contributed by atoms with van der Waals surface area (Å²) in [6.45, 7) is 11.2. The quantitative estimate of drug-likeness (QED) is 0.0359. The molecule has 1 aromatic rings. The van der Waals surface area contributed by atoms with Crippen LogP contribution in [-0.2, 0) is 44.7 Å². The molecule has 1 aliphatic rings. The summed E-state index contributed by atoms with van der Waals surface area (Å²) in [4.78, 5) is 40.9. The molecule has 9 nitrogen and oxygen atoms in total. The van der Waals surface area contributed by atoms with Gasteiger partial charge in [-0.25, -0.2) is 0 Å². The number of hydrogen-bond acceptors (Lipinski definition) is 9. The van der Waals surface area contributed by atoms with Crippen LogP contribution in [0.1, 0.15) is 257 Å². The van der Waals surface area contributed by atoms with Crippen LogP contribution in [-0.4, -0.2) is 80.6 Å². The predicted octanol–water partition coefficient (Wildman–Crippen LogP) is 15.4. The number of ether oxygens (including phenoxy) is 5. The highest BCUT2D eigenvalue weighted by atomic mass is 16.5. The molecule has 67 heavy (non-hydrogen) atoms. The van der Waals surface area contributed by atoms with Gasteiger partial charge >= 0.3 is 17.9 Å². The summed E-state index contributed by atoms with van der Waals surface area (Å²) in [5.74, 6) is -0.279. The Morgan fingerprint density at radius 3 is 1.60 bits per heavy atom. The largest absolute Gasteiger partial charge is 0.466 e. The first-order valence-corrected chi connectivity index (χ1v) is 28.5. The molecule has 0 radical (unpaired) electrons. The summed E-state index contributed by atoms with van der Waals surface area (Å²) in [6.07, 6.45) is 39.1. The Hall–Kier alpha value is -2.49. The Kier molecular flexibility index (Phi) is 40.5. The van der Waals surface area contributed by atoms with Crippen LogP contribution in [0.3, 0.4) is 0 Å². The molecule has 0 bridgehead atoms. The van der Waals surface area contributed by atoms with Crippen LogP contribution in [0.15, 0.2) is 30.3 Å². The van der Waals surface area contributed by atoms with Gasteiger partial charge in [0.2, 0.25) is 0 Å². The third kappa shape index (κ3) is 35.3. The molecule has 1 aliphatic heterocycles. The van der Waals surface area contributed by atoms with Gasteiger partial charge in [0.1, 0.15) is 12.1 Å². The number of nitrogens with zero attached hydrogens (tertiary/aromatic N) is 1. The first kappa shape index (κ1) is 60.6. The molecule has 2 rings (SSSR count). The van der Waals surface area contributed by atoms with Gasteiger partial charge in [-0.2, -0.15) is 0 Å². The Balaban J connectivity index is 1.67. The maximum Gasteiger partial charge on any atom is 0.323 e. The van der Waals surface area contributed by atoms with E-state index in [2.05, 4.69) is 37.8 Å². The van der Waals surface area contributed by atoms with Crippen LogP contribution in [0.2, 0.25) is 0 Å². The lowest BCUT2D eigenvalue weighted by Crippen LogP contribution is -2.38. The van der Waals surface area contributed by atoms with Gasteiger partial charge in [-0.1, -0.05) is 192 Å². The first-order valence-electron chi connectivity index (χ1n) is 28.5. The van der Waals surface area contributed by atoms with Crippen molar-refractivity contribution in [1.29, 1.82) is 0 Å². The molecule has 1 fully saturated rings. The number of unbranched alkanes of at least 4 members (excludes halogenated alkanes) is 25. The second-order valence-corrected chi connectivity index (χ2v) is 19.8. The Morgan fingerprint density at radius 2 is 1.00 bits per heavy atom. The van der Waals surface area contributed by atoms with E-state index < -0.39 is 0 Å². The van der Waals surface area contributed by atoms with Crippen molar-refractivity contribution < 1.29 is 38.1 Å². The van der Waals surface area contributed by atoms with Crippen molar-refractivity contribution in [3.8, 4) is 0 Å². The zero-order chi connectivity index (χ0) is 48.1. The number of benzene rings is 1. The van der Waals surface area contributed by atoms with E-state index in [1.807, 2.05) is 18.2 Å². The minimum absolute atomic E-state index is 0.00751. The van der Waals surface area contributed by atoms with E-state index in [4.69, 9.17) is 23.7 Å². The summed E-state index contributed by atoms with van der Waals surface area (Å²) < 4.78 is 29.6. The van der Waals surface area contributed by atoms with Gasteiger partial charge in [0, 0.05) is 39.0 Å². The Bertz CT molecular complexity index is 1260. The maximum atomic E-state index is 13.5. The van der Waals surface area contributed by atoms with E-state index in [9.17, 15) is 14.4 Å². The molecule has 0 aromatic heterocycles. The van der Waals surface area contributed by atoms with Crippen molar-refractivity contribution in [1.82, 2.24) is 4.90 Å². The van der Waals surface area contributed by atoms with E-state index >= 15 is 0 Å². The van der Waals surface area contributed by atoms with Gasteiger partial charge in [0.15, 0.2) is 0 Å². The molecule has 1 unspecified atom stereocenters. The molecule has 1 saturated heterocycles. The van der Waals surface area contributed by atoms with Crippen LogP contribution in [0, 0.1) is 0 Å². The summed E-state index contributed by atoms with van der Waals surface area (Å²) in [6, 6.07) is 9.93. The number of hydrogen-bond donors (Lipinski definition) is 0. The number of likely N-dealkylation sites (tertiary alicyclic amines) is 1. The highest BCUT2D eigenvalue weighted by molar-refractivity contribution is 5.76. The van der Waals surface area contributed by atoms with E-state index in [0.29, 0.717) is 58.8 Å². The molecule has 1 heterocycles. The van der Waals surface area contributed by atoms with Gasteiger partial charge in [-0.05, 0) is 82.7 Å². The van der Waals surface area contributed by atoms with Gasteiger partial charge < -0.3 is 23.7 Å². The lowest BCUT2D eigenvalue weighted by Gasteiger charge is -2.22. The zero-order valence-corrected chi connectivity index (χ0v) is 43.7. The van der Waals surface area contributed by atoms with Crippen LogP contribution >= 0.6 is 0 Å². The topological polar surface area (TPSA) is 101 Å². The lowest BCUT2D eigenvalue weighted by molar-refractivity contribution is -0.150. The van der Waals surface area contributed by atoms with Crippen molar-refractivity contribution in [3.05, 3.63) is 35.9 Å². The molecule has 2 atom stereocenters. The normalized spacial score (nSPS) is 15.1. The van der Waals surface area contributed by atoms with E-state index in [1.54, 1.807) is 0 Å². The molecule has 0 amide bonds. The minimum atomic E-state index is -0.308. The van der Waals surface area contributed by atoms with Crippen LogP contribution in [0.25, 0.3) is 0 Å². The van der Waals surface area contributed by atoms with Crippen molar-refractivity contribution in [2.75, 3.05) is 39.5 Å². The summed E-state index contributed by atoms with van der Waals surface area (Å²) in [5, 5.41) is 0. The number of carbonyl (C=O) groups excluding carboxylic acids is 3. The van der Waals surface area contributed by atoms with Crippen LogP contribution in [0.4, 0.5) is 0 Å². The SMILES string of the molecule is CCCCCCCCCCCOC(=O)CCCCCN1CC(OCCCCOCc2ccccc2)C[C@H]1C(=O)OCCCCCCCC(=O)OC(CCCCCCCC)CCCCCCCC. The maximum absolute atomic E-state index is 13.5. The van der Waals surface area contributed by atoms with Crippen LogP contribution in [0.5, 0.6) is 0 Å². The molecule has 0 aliphatic carbocycles. The average molecular weight is 942 g/mol. The Labute approximate surface area is 411 Å². The summed E-state index contributed by atoms with van der Waals surface area (Å²) >= 11 is 0. The molecule has 0 N–H and O–H groups in total. The lowest BCUT2D eigenvalue weighted by atomic mass is 10.0. The molecule has 0 saturated carbocycles. The molecule has 9 heteroatoms. The Morgan fingerprint density at radius 1 is 0.522 bits per heavy atom. The van der Waals surface area contributed by atoms with Crippen molar-refractivity contribution in [2.45, 2.75) is 277 Å². The fourth-order valence-corrected chi connectivity index (χ4v) is 9.21. The smallest absolute Gasteiger partial charge is 0.323 e. The fourth-order valence-electron chi connectivity index (χ4n) is 9.21. The number of esters is 3. The van der Waals surface area contributed by atoms with Gasteiger partial charge in [0.05, 0.1) is 25.9 Å². The number of carbonyl (C=O) groups is 3. The molecular weight excluding hydrogens is 839 g/mol. The van der Waals surface area contributed by atoms with E-state index in [0.717, 1.165) is 109 Å². The molecule has 0 spiro atoms. The van der Waals surface area contributed by atoms with Crippen LogP contribution < -0.4 is 0 Å². The van der Waals surface area contributed by atoms with Gasteiger partial charge in [-0.3, -0.25) is 19.3 Å². The monoisotopic (exact) mass is 942 g/mol. The average Bonchev–Trinajstić information content (AvgIpc) is 3.75. The molecule has 1 aromatic carbocycles. The van der Waals surface area contributed by atoms with Crippen molar-refractivity contribution in [2.24, 2.45) is 0 Å². The number of rotatable bonds is 48. The first-order chi connectivity index (χ1) is 33.0. The van der Waals surface area contributed by atoms with Crippen molar-refractivity contribution in [3.63, 3.8) is 0 Å². The third-order valence-electron chi connectivity index (χ3n) is 13.4. The van der Waals surface area contributed by atoms with Gasteiger partial charge in [-0.15, -0.1) is 0 Å². The highest BCUT2D eigenvalue weighted by Crippen LogP contribution is 2.24. The van der Waals surface area contributed by atoms with E-state index in [-0.39, 0.29) is 36.2 Å². The summed E-state index contributed by atoms with van der Waals surface area (Å²) in [7, 11) is 0. The summed E-state index contributed by atoms with van der Waals surface area (Å²) in [5.41, 5.74) is 1.18. The molecule has 388 valence electrons. The third-order valence-corrected chi connectivity index (χ3v) is 13.4. The van der Waals surface area contributed by atoms with Crippen molar-refractivity contribution >= 4 is 17.9 Å². The highest BCUT2D eigenvalue weighted by Gasteiger charge is 2.38. The second-order valence-electron chi connectivity index (χ2n) is 19.8. The van der Waals surface area contributed by atoms with E-state index in [1.165, 1.54) is 115 Å². The predicted molar refractivity (Wildman–Crippen MR) is 276 cm³/mol. The molecular formula is C58H103NO8. The van der Waals surface area contributed by atoms with Gasteiger partial charge in [0.25, 0.3) is 0 Å². The second kappa shape index (κ2) is 44.7. The standard InChI is InChI=1S/C58H103NO8/c1-4-7-10-13-16-17-18-23-34-47-65-56(60)42-32-26-33-44-59-50-54(64-46-37-36-45-63-51-52-38-27-25-28-39-52)49-55(59)58(62)66-48-35-24-19-22-31-43-57(61)67-53(40-29-20-14-11-8-5-2)41-30-21-15-12-9-6-3/h25,27-28,38-39,53-55H,4-24,26,29-37,40-51H2,1-3H3/t54?,55-/m0/s1. The minimum Gasteiger partial charge on any atom is -0.466 e.